The molecule has 0 spiro atoms. The number of hydrogen-bond donors (Lipinski definition) is 0. The van der Waals surface area contributed by atoms with Crippen LogP contribution in [-0.4, -0.2) is 10.1 Å². The van der Waals surface area contributed by atoms with E-state index in [1.54, 1.807) is 12.3 Å². The lowest BCUT2D eigenvalue weighted by Crippen LogP contribution is -1.69. The first kappa shape index (κ1) is 4.49. The van der Waals surface area contributed by atoms with Crippen LogP contribution in [-0.2, 0) is 0 Å². The topological polar surface area (TPSA) is 38.9 Å². The molecular formula is C6H3N2O. The molecule has 2 aromatic rings. The summed E-state index contributed by atoms with van der Waals surface area (Å²) in [5, 5.41) is 3.63. The van der Waals surface area contributed by atoms with E-state index in [1.807, 2.05) is 6.07 Å². The first-order valence-electron chi connectivity index (χ1n) is 2.55. The lowest BCUT2D eigenvalue weighted by molar-refractivity contribution is 0.421. The molecule has 0 amide bonds. The number of pyridine rings is 1. The molecule has 2 heterocycles. The zero-order valence-electron chi connectivity index (χ0n) is 4.53. The van der Waals surface area contributed by atoms with Crippen molar-refractivity contribution in [1.82, 2.24) is 10.1 Å². The number of aromatic nitrogens is 2. The molecule has 0 aromatic carbocycles. The van der Waals surface area contributed by atoms with Crippen molar-refractivity contribution in [2.45, 2.75) is 0 Å². The summed E-state index contributed by atoms with van der Waals surface area (Å²) in [6.07, 6.45) is 4.20. The maximum Gasteiger partial charge on any atom is 0.233 e. The Hall–Kier alpha value is -1.38. The van der Waals surface area contributed by atoms with E-state index in [9.17, 15) is 0 Å². The van der Waals surface area contributed by atoms with Crippen molar-refractivity contribution in [3.05, 3.63) is 24.6 Å². The molecule has 2 rings (SSSR count). The molecule has 0 unspecified atom stereocenters. The van der Waals surface area contributed by atoms with E-state index in [2.05, 4.69) is 20.9 Å². The van der Waals surface area contributed by atoms with E-state index in [0.717, 1.165) is 5.52 Å². The van der Waals surface area contributed by atoms with Crippen LogP contribution in [0, 0.1) is 6.26 Å². The molecule has 0 bridgehead atoms. The van der Waals surface area contributed by atoms with Crippen molar-refractivity contribution in [3.63, 3.8) is 0 Å². The van der Waals surface area contributed by atoms with Gasteiger partial charge in [0.2, 0.25) is 6.26 Å². The quantitative estimate of drug-likeness (QED) is 0.519. The van der Waals surface area contributed by atoms with E-state index in [0.29, 0.717) is 5.52 Å². The van der Waals surface area contributed by atoms with Crippen LogP contribution in [0.2, 0.25) is 0 Å². The SMILES string of the molecule is [c]1onc2cccnc12. The van der Waals surface area contributed by atoms with Gasteiger partial charge in [0.15, 0.2) is 0 Å². The molecule has 9 heavy (non-hydrogen) atoms. The van der Waals surface area contributed by atoms with Gasteiger partial charge in [0.05, 0.1) is 0 Å². The van der Waals surface area contributed by atoms with Gasteiger partial charge in [-0.2, -0.15) is 0 Å². The fraction of sp³-hybridized carbons (Fsp3) is 0. The van der Waals surface area contributed by atoms with Gasteiger partial charge < -0.3 is 4.52 Å². The highest BCUT2D eigenvalue weighted by Gasteiger charge is 1.94. The summed E-state index contributed by atoms with van der Waals surface area (Å²) in [4.78, 5) is 3.93. The predicted octanol–water partition coefficient (Wildman–Crippen LogP) is 1.02. The predicted molar refractivity (Wildman–Crippen MR) is 30.6 cm³/mol. The molecular weight excluding hydrogens is 116 g/mol. The van der Waals surface area contributed by atoms with Crippen molar-refractivity contribution >= 4 is 11.0 Å². The summed E-state index contributed by atoms with van der Waals surface area (Å²) in [6, 6.07) is 3.63. The number of hydrogen-bond acceptors (Lipinski definition) is 3. The van der Waals surface area contributed by atoms with Gasteiger partial charge in [-0.25, -0.2) is 0 Å². The number of fused-ring (bicyclic) bond motifs is 1. The second-order valence-corrected chi connectivity index (χ2v) is 1.66. The Morgan fingerprint density at radius 1 is 1.56 bits per heavy atom. The first-order valence-corrected chi connectivity index (χ1v) is 2.55. The molecule has 0 aliphatic heterocycles. The minimum absolute atomic E-state index is 0.678. The third-order valence-corrected chi connectivity index (χ3v) is 1.07. The second-order valence-electron chi connectivity index (χ2n) is 1.66. The molecule has 0 atom stereocenters. The highest BCUT2D eigenvalue weighted by Crippen LogP contribution is 2.04. The van der Waals surface area contributed by atoms with Crippen LogP contribution in [0.25, 0.3) is 11.0 Å². The molecule has 0 saturated carbocycles. The molecule has 3 heteroatoms. The van der Waals surface area contributed by atoms with Crippen LogP contribution in [0.1, 0.15) is 0 Å². The summed E-state index contributed by atoms with van der Waals surface area (Å²) < 4.78 is 4.53. The Balaban J connectivity index is 2.95. The standard InChI is InChI=1S/C6H3N2O/c1-2-5-6(7-3-1)4-9-8-5/h1-3H. The van der Waals surface area contributed by atoms with Crippen molar-refractivity contribution in [3.8, 4) is 0 Å². The molecule has 0 aliphatic carbocycles. The Bertz CT molecular complexity index is 285. The van der Waals surface area contributed by atoms with E-state index < -0.39 is 0 Å². The minimum atomic E-state index is 0.678. The third kappa shape index (κ3) is 0.579. The third-order valence-electron chi connectivity index (χ3n) is 1.07. The van der Waals surface area contributed by atoms with Crippen LogP contribution in [0.15, 0.2) is 22.9 Å². The highest BCUT2D eigenvalue weighted by molar-refractivity contribution is 5.70. The van der Waals surface area contributed by atoms with Gasteiger partial charge in [0, 0.05) is 6.20 Å². The summed E-state index contributed by atoms with van der Waals surface area (Å²) in [5.74, 6) is 0. The van der Waals surface area contributed by atoms with E-state index in [4.69, 9.17) is 0 Å². The van der Waals surface area contributed by atoms with Gasteiger partial charge in [0.1, 0.15) is 11.0 Å². The summed E-state index contributed by atoms with van der Waals surface area (Å²) >= 11 is 0. The average molecular weight is 119 g/mol. The molecule has 1 radical (unpaired) electrons. The van der Waals surface area contributed by atoms with Gasteiger partial charge in [0.25, 0.3) is 0 Å². The van der Waals surface area contributed by atoms with Gasteiger partial charge in [-0.3, -0.25) is 4.98 Å². The normalized spacial score (nSPS) is 10.2. The Kier molecular flexibility index (Phi) is 0.773. The van der Waals surface area contributed by atoms with Crippen molar-refractivity contribution in [2.75, 3.05) is 0 Å². The summed E-state index contributed by atoms with van der Waals surface area (Å²) in [5.41, 5.74) is 1.43. The van der Waals surface area contributed by atoms with Gasteiger partial charge in [-0.15, -0.1) is 0 Å². The Morgan fingerprint density at radius 2 is 2.56 bits per heavy atom. The zero-order chi connectivity index (χ0) is 6.10. The maximum atomic E-state index is 4.53. The maximum absolute atomic E-state index is 4.53. The molecule has 0 fully saturated rings. The molecule has 0 aliphatic rings. The Labute approximate surface area is 51.3 Å². The monoisotopic (exact) mass is 119 g/mol. The second kappa shape index (κ2) is 1.55. The van der Waals surface area contributed by atoms with Crippen LogP contribution < -0.4 is 0 Å². The fourth-order valence-corrected chi connectivity index (χ4v) is 0.664. The molecule has 0 saturated heterocycles. The average Bonchev–Trinajstić information content (AvgIpc) is 2.33. The fourth-order valence-electron chi connectivity index (χ4n) is 0.664. The van der Waals surface area contributed by atoms with Gasteiger partial charge >= 0.3 is 0 Å². The Morgan fingerprint density at radius 3 is 3.44 bits per heavy atom. The van der Waals surface area contributed by atoms with E-state index >= 15 is 0 Å². The lowest BCUT2D eigenvalue weighted by atomic mass is 10.4. The van der Waals surface area contributed by atoms with Crippen LogP contribution >= 0.6 is 0 Å². The van der Waals surface area contributed by atoms with Crippen LogP contribution in [0.3, 0.4) is 0 Å². The smallest absolute Gasteiger partial charge is 0.233 e. The van der Waals surface area contributed by atoms with E-state index in [1.165, 1.54) is 0 Å². The first-order chi connectivity index (χ1) is 4.47. The van der Waals surface area contributed by atoms with Gasteiger partial charge in [-0.1, -0.05) is 5.16 Å². The molecule has 3 nitrogen and oxygen atoms in total. The summed E-state index contributed by atoms with van der Waals surface area (Å²) in [6.45, 7) is 0. The highest BCUT2D eigenvalue weighted by atomic mass is 16.5. The van der Waals surface area contributed by atoms with Gasteiger partial charge in [-0.05, 0) is 12.1 Å². The van der Waals surface area contributed by atoms with Crippen molar-refractivity contribution in [1.29, 1.82) is 0 Å². The lowest BCUT2D eigenvalue weighted by Gasteiger charge is -1.77. The van der Waals surface area contributed by atoms with Crippen LogP contribution in [0.5, 0.6) is 0 Å². The largest absolute Gasteiger partial charge is 0.350 e. The molecule has 0 N–H and O–H groups in total. The number of rotatable bonds is 0. The summed E-state index contributed by atoms with van der Waals surface area (Å²) in [7, 11) is 0. The molecule has 2 aromatic heterocycles. The van der Waals surface area contributed by atoms with Crippen molar-refractivity contribution in [2.24, 2.45) is 0 Å². The minimum Gasteiger partial charge on any atom is -0.350 e. The van der Waals surface area contributed by atoms with Crippen molar-refractivity contribution < 1.29 is 4.52 Å². The van der Waals surface area contributed by atoms with E-state index in [-0.39, 0.29) is 0 Å². The molecule has 43 valence electrons. The zero-order valence-corrected chi connectivity index (χ0v) is 4.53. The number of nitrogens with zero attached hydrogens (tertiary/aromatic N) is 2. The van der Waals surface area contributed by atoms with Crippen LogP contribution in [0.4, 0.5) is 0 Å².